The second-order valence-electron chi connectivity index (χ2n) is 4.98. The molecule has 0 radical (unpaired) electrons. The van der Waals surface area contributed by atoms with Gasteiger partial charge >= 0.3 is 6.16 Å². The normalized spacial score (nSPS) is 10.3. The summed E-state index contributed by atoms with van der Waals surface area (Å²) < 4.78 is 4.70. The average molecular weight is 306 g/mol. The minimum absolute atomic E-state index is 0.103. The van der Waals surface area contributed by atoms with Crippen molar-refractivity contribution in [2.24, 2.45) is 0 Å². The van der Waals surface area contributed by atoms with Crippen LogP contribution in [0.3, 0.4) is 0 Å². The molecule has 5 nitrogen and oxygen atoms in total. The van der Waals surface area contributed by atoms with Crippen molar-refractivity contribution in [3.05, 3.63) is 66.6 Å². The second kappa shape index (κ2) is 6.27. The predicted octanol–water partition coefficient (Wildman–Crippen LogP) is 4.18. The molecule has 0 aliphatic carbocycles. The third-order valence-corrected chi connectivity index (χ3v) is 3.53. The molecule has 3 rings (SSSR count). The third-order valence-electron chi connectivity index (χ3n) is 3.53. The highest BCUT2D eigenvalue weighted by molar-refractivity contribution is 5.73. The summed E-state index contributed by atoms with van der Waals surface area (Å²) in [5.74, 6) is 0.103. The van der Waals surface area contributed by atoms with Crippen LogP contribution in [-0.2, 0) is 0 Å². The zero-order chi connectivity index (χ0) is 16.2. The Labute approximate surface area is 133 Å². The van der Waals surface area contributed by atoms with E-state index in [1.54, 1.807) is 13.1 Å². The van der Waals surface area contributed by atoms with E-state index in [-0.39, 0.29) is 5.88 Å². The quantitative estimate of drug-likeness (QED) is 0.735. The molecule has 5 heteroatoms. The Kier molecular flexibility index (Phi) is 4.01. The standard InChI is InChI=1S/C18H14N2O3/c1-12-16(8-10-20-17(12)23-18(21)22)14-6-4-13(5-7-14)15-3-2-9-19-11-15/h2-11H,1H3,(H,21,22). The number of rotatable bonds is 3. The van der Waals surface area contributed by atoms with Crippen LogP contribution >= 0.6 is 0 Å². The van der Waals surface area contributed by atoms with E-state index in [9.17, 15) is 4.79 Å². The lowest BCUT2D eigenvalue weighted by Crippen LogP contribution is -2.06. The fraction of sp³-hybridized carbons (Fsp3) is 0.0556. The van der Waals surface area contributed by atoms with Crippen molar-refractivity contribution in [2.45, 2.75) is 6.92 Å². The van der Waals surface area contributed by atoms with E-state index in [4.69, 9.17) is 9.84 Å². The van der Waals surface area contributed by atoms with Crippen LogP contribution < -0.4 is 4.74 Å². The maximum Gasteiger partial charge on any atom is 0.512 e. The molecule has 2 aromatic heterocycles. The van der Waals surface area contributed by atoms with Gasteiger partial charge in [0.1, 0.15) is 0 Å². The van der Waals surface area contributed by atoms with Gasteiger partial charge in [-0.1, -0.05) is 30.3 Å². The fourth-order valence-corrected chi connectivity index (χ4v) is 2.39. The van der Waals surface area contributed by atoms with Crippen LogP contribution in [-0.4, -0.2) is 21.2 Å². The van der Waals surface area contributed by atoms with Gasteiger partial charge in [0, 0.05) is 24.2 Å². The van der Waals surface area contributed by atoms with E-state index in [1.165, 1.54) is 6.20 Å². The van der Waals surface area contributed by atoms with Gasteiger partial charge in [-0.05, 0) is 41.3 Å². The molecule has 23 heavy (non-hydrogen) atoms. The minimum atomic E-state index is -1.37. The Hall–Kier alpha value is -3.21. The number of pyridine rings is 2. The molecule has 0 aliphatic heterocycles. The van der Waals surface area contributed by atoms with Gasteiger partial charge in [-0.25, -0.2) is 9.78 Å². The summed E-state index contributed by atoms with van der Waals surface area (Å²) in [6.45, 7) is 1.79. The van der Waals surface area contributed by atoms with E-state index < -0.39 is 6.16 Å². The van der Waals surface area contributed by atoms with E-state index >= 15 is 0 Å². The first-order valence-electron chi connectivity index (χ1n) is 7.02. The van der Waals surface area contributed by atoms with Crippen LogP contribution in [0.4, 0.5) is 4.79 Å². The average Bonchev–Trinajstić information content (AvgIpc) is 2.57. The molecule has 1 N–H and O–H groups in total. The summed E-state index contributed by atoms with van der Waals surface area (Å²) in [6.07, 6.45) is 3.72. The molecule has 0 aliphatic rings. The number of carbonyl (C=O) groups is 1. The first-order chi connectivity index (χ1) is 11.1. The summed E-state index contributed by atoms with van der Waals surface area (Å²) in [5, 5.41) is 8.75. The number of ether oxygens (including phenoxy) is 1. The van der Waals surface area contributed by atoms with Crippen molar-refractivity contribution in [3.63, 3.8) is 0 Å². The number of benzene rings is 1. The summed E-state index contributed by atoms with van der Waals surface area (Å²) in [6, 6.07) is 13.7. The van der Waals surface area contributed by atoms with Gasteiger partial charge < -0.3 is 9.84 Å². The monoisotopic (exact) mass is 306 g/mol. The molecular weight excluding hydrogens is 292 g/mol. The SMILES string of the molecule is Cc1c(-c2ccc(-c3cccnc3)cc2)ccnc1OC(=O)O. The van der Waals surface area contributed by atoms with Crippen LogP contribution in [0.15, 0.2) is 61.1 Å². The molecule has 0 saturated carbocycles. The number of hydrogen-bond acceptors (Lipinski definition) is 4. The highest BCUT2D eigenvalue weighted by Crippen LogP contribution is 2.30. The van der Waals surface area contributed by atoms with Crippen LogP contribution in [0.1, 0.15) is 5.56 Å². The fourth-order valence-electron chi connectivity index (χ4n) is 2.39. The number of nitrogens with zero attached hydrogens (tertiary/aromatic N) is 2. The molecule has 2 heterocycles. The topological polar surface area (TPSA) is 72.3 Å². The summed E-state index contributed by atoms with van der Waals surface area (Å²) in [5.41, 5.74) is 4.64. The van der Waals surface area contributed by atoms with Crippen molar-refractivity contribution in [1.82, 2.24) is 9.97 Å². The lowest BCUT2D eigenvalue weighted by Gasteiger charge is -2.10. The van der Waals surface area contributed by atoms with Gasteiger partial charge in [0.2, 0.25) is 5.88 Å². The van der Waals surface area contributed by atoms with Crippen LogP contribution in [0.2, 0.25) is 0 Å². The Morgan fingerprint density at radius 1 is 1.00 bits per heavy atom. The molecule has 0 amide bonds. The van der Waals surface area contributed by atoms with Crippen molar-refractivity contribution in [1.29, 1.82) is 0 Å². The van der Waals surface area contributed by atoms with Gasteiger partial charge in [0.15, 0.2) is 0 Å². The number of hydrogen-bond donors (Lipinski definition) is 1. The van der Waals surface area contributed by atoms with Gasteiger partial charge in [0.25, 0.3) is 0 Å². The van der Waals surface area contributed by atoms with Gasteiger partial charge in [0.05, 0.1) is 0 Å². The lowest BCUT2D eigenvalue weighted by atomic mass is 9.99. The number of carboxylic acid groups (broad SMARTS) is 1. The predicted molar refractivity (Wildman–Crippen MR) is 86.3 cm³/mol. The van der Waals surface area contributed by atoms with Gasteiger partial charge in [-0.3, -0.25) is 4.98 Å². The molecule has 0 bridgehead atoms. The Morgan fingerprint density at radius 3 is 2.39 bits per heavy atom. The van der Waals surface area contributed by atoms with Gasteiger partial charge in [-0.15, -0.1) is 0 Å². The summed E-state index contributed by atoms with van der Waals surface area (Å²) in [4.78, 5) is 18.8. The molecule has 0 saturated heterocycles. The number of aromatic nitrogens is 2. The highest BCUT2D eigenvalue weighted by Gasteiger charge is 2.11. The van der Waals surface area contributed by atoms with Crippen molar-refractivity contribution in [3.8, 4) is 28.1 Å². The highest BCUT2D eigenvalue weighted by atomic mass is 16.7. The Bertz CT molecular complexity index is 831. The van der Waals surface area contributed by atoms with Crippen LogP contribution in [0.5, 0.6) is 5.88 Å². The van der Waals surface area contributed by atoms with E-state index in [1.807, 2.05) is 48.7 Å². The molecule has 0 atom stereocenters. The zero-order valence-corrected chi connectivity index (χ0v) is 12.4. The lowest BCUT2D eigenvalue weighted by molar-refractivity contribution is 0.142. The van der Waals surface area contributed by atoms with E-state index in [0.717, 1.165) is 22.3 Å². The van der Waals surface area contributed by atoms with E-state index in [0.29, 0.717) is 5.56 Å². The second-order valence-corrected chi connectivity index (χ2v) is 4.98. The third kappa shape index (κ3) is 3.18. The minimum Gasteiger partial charge on any atom is -0.449 e. The molecule has 0 fully saturated rings. The van der Waals surface area contributed by atoms with Crippen molar-refractivity contribution >= 4 is 6.16 Å². The zero-order valence-electron chi connectivity index (χ0n) is 12.4. The molecule has 0 unspecified atom stereocenters. The molecule has 1 aromatic carbocycles. The van der Waals surface area contributed by atoms with Crippen LogP contribution in [0.25, 0.3) is 22.3 Å². The molecule has 114 valence electrons. The van der Waals surface area contributed by atoms with Crippen molar-refractivity contribution in [2.75, 3.05) is 0 Å². The maximum absolute atomic E-state index is 10.7. The molecule has 3 aromatic rings. The van der Waals surface area contributed by atoms with E-state index in [2.05, 4.69) is 9.97 Å². The smallest absolute Gasteiger partial charge is 0.449 e. The summed E-state index contributed by atoms with van der Waals surface area (Å²) in [7, 11) is 0. The van der Waals surface area contributed by atoms with Crippen LogP contribution in [0, 0.1) is 6.92 Å². The first-order valence-corrected chi connectivity index (χ1v) is 7.02. The summed E-state index contributed by atoms with van der Waals surface area (Å²) >= 11 is 0. The molecule has 0 spiro atoms. The van der Waals surface area contributed by atoms with Crippen molar-refractivity contribution < 1.29 is 14.6 Å². The first kappa shape index (κ1) is 14.7. The Morgan fingerprint density at radius 2 is 1.74 bits per heavy atom. The maximum atomic E-state index is 10.7. The van der Waals surface area contributed by atoms with Gasteiger partial charge in [-0.2, -0.15) is 0 Å². The molecular formula is C18H14N2O3. The largest absolute Gasteiger partial charge is 0.512 e. The Balaban J connectivity index is 1.95.